The number of carbonyl (C=O) groups is 2. The number of carbonyl (C=O) groups excluding carboxylic acids is 2. The molecule has 0 atom stereocenters. The third-order valence-electron chi connectivity index (χ3n) is 5.06. The number of nitrogens with zero attached hydrogens (tertiary/aromatic N) is 5. The van der Waals surface area contributed by atoms with Crippen LogP contribution >= 0.6 is 11.8 Å². The molecule has 2 N–H and O–H groups in total. The van der Waals surface area contributed by atoms with Crippen LogP contribution in [0.15, 0.2) is 71.2 Å². The normalized spacial score (nSPS) is 13.4. The first-order chi connectivity index (χ1) is 16.1. The smallest absolute Gasteiger partial charge is 0.255 e. The average molecular weight is 458 g/mol. The summed E-state index contributed by atoms with van der Waals surface area (Å²) in [6, 6.07) is 14.5. The molecule has 0 aliphatic carbocycles. The lowest BCUT2D eigenvalue weighted by molar-refractivity contribution is -0.116. The fraction of sp³-hybridized carbons (Fsp3) is 0.130. The number of rotatable bonds is 6. The van der Waals surface area contributed by atoms with E-state index in [1.807, 2.05) is 31.2 Å². The van der Waals surface area contributed by atoms with Crippen molar-refractivity contribution >= 4 is 51.7 Å². The highest BCUT2D eigenvalue weighted by atomic mass is 32.2. The molecule has 5 rings (SSSR count). The molecule has 0 unspecified atom stereocenters. The molecule has 33 heavy (non-hydrogen) atoms. The Kier molecular flexibility index (Phi) is 5.57. The van der Waals surface area contributed by atoms with Gasteiger partial charge in [-0.25, -0.2) is 15.0 Å². The van der Waals surface area contributed by atoms with Gasteiger partial charge in [-0.2, -0.15) is 10.2 Å². The predicted molar refractivity (Wildman–Crippen MR) is 127 cm³/mol. The summed E-state index contributed by atoms with van der Waals surface area (Å²) in [7, 11) is 0. The zero-order valence-electron chi connectivity index (χ0n) is 17.6. The second kappa shape index (κ2) is 8.83. The molecule has 1 aliphatic rings. The fourth-order valence-electron chi connectivity index (χ4n) is 3.46. The number of anilines is 2. The standard InChI is InChI=1S/C23H19N7O2S/c1-14-9-20(31)30(29-14)18-7-5-16(6-8-18)22(32)27-17-4-2-3-15(10-17)12-33-23-19-11-26-28-21(19)24-13-25-23/h2-8,10-11,13H,9,12H2,1H3,(H,27,32)(H,24,25,26,28). The molecule has 0 spiro atoms. The largest absolute Gasteiger partial charge is 0.322 e. The number of H-pyrrole nitrogens is 1. The average Bonchev–Trinajstić information content (AvgIpc) is 3.44. The van der Waals surface area contributed by atoms with E-state index in [4.69, 9.17) is 0 Å². The highest BCUT2D eigenvalue weighted by molar-refractivity contribution is 7.98. The second-order valence-corrected chi connectivity index (χ2v) is 8.48. The van der Waals surface area contributed by atoms with Gasteiger partial charge in [-0.3, -0.25) is 14.7 Å². The van der Waals surface area contributed by atoms with Crippen LogP contribution in [0.3, 0.4) is 0 Å². The van der Waals surface area contributed by atoms with Crippen molar-refractivity contribution in [2.75, 3.05) is 10.3 Å². The van der Waals surface area contributed by atoms with Gasteiger partial charge < -0.3 is 5.32 Å². The van der Waals surface area contributed by atoms with Crippen molar-refractivity contribution in [1.29, 1.82) is 0 Å². The van der Waals surface area contributed by atoms with E-state index in [9.17, 15) is 9.59 Å². The number of aromatic amines is 1. The molecule has 10 heteroatoms. The maximum atomic E-state index is 12.7. The van der Waals surface area contributed by atoms with E-state index in [0.29, 0.717) is 34.8 Å². The summed E-state index contributed by atoms with van der Waals surface area (Å²) in [5, 5.41) is 17.1. The van der Waals surface area contributed by atoms with Gasteiger partial charge in [0.15, 0.2) is 5.65 Å². The van der Waals surface area contributed by atoms with Gasteiger partial charge in [-0.1, -0.05) is 12.1 Å². The highest BCUT2D eigenvalue weighted by Crippen LogP contribution is 2.27. The topological polar surface area (TPSA) is 116 Å². The molecule has 0 fully saturated rings. The van der Waals surface area contributed by atoms with Crippen LogP contribution in [0.4, 0.5) is 11.4 Å². The summed E-state index contributed by atoms with van der Waals surface area (Å²) in [4.78, 5) is 33.2. The van der Waals surface area contributed by atoms with Crippen LogP contribution in [0, 0.1) is 0 Å². The van der Waals surface area contributed by atoms with Crippen LogP contribution in [0.2, 0.25) is 0 Å². The Morgan fingerprint density at radius 1 is 1.18 bits per heavy atom. The molecule has 0 saturated heterocycles. The number of aromatic nitrogens is 4. The third-order valence-corrected chi connectivity index (χ3v) is 6.14. The van der Waals surface area contributed by atoms with Crippen molar-refractivity contribution in [3.05, 3.63) is 72.2 Å². The maximum Gasteiger partial charge on any atom is 0.255 e. The molecule has 2 amide bonds. The van der Waals surface area contributed by atoms with E-state index in [-0.39, 0.29) is 11.8 Å². The van der Waals surface area contributed by atoms with Crippen molar-refractivity contribution in [2.45, 2.75) is 24.1 Å². The van der Waals surface area contributed by atoms with Gasteiger partial charge in [-0.15, -0.1) is 11.8 Å². The Morgan fingerprint density at radius 2 is 2.03 bits per heavy atom. The Morgan fingerprint density at radius 3 is 2.82 bits per heavy atom. The maximum absolute atomic E-state index is 12.7. The number of amides is 2. The SMILES string of the molecule is CC1=NN(c2ccc(C(=O)Nc3cccc(CSc4ncnc5[nH]ncc45)c3)cc2)C(=O)C1. The summed E-state index contributed by atoms with van der Waals surface area (Å²) in [6.07, 6.45) is 3.55. The minimum Gasteiger partial charge on any atom is -0.322 e. The van der Waals surface area contributed by atoms with Crippen LogP contribution < -0.4 is 10.3 Å². The molecule has 1 aliphatic heterocycles. The van der Waals surface area contributed by atoms with E-state index < -0.39 is 0 Å². The van der Waals surface area contributed by atoms with Gasteiger partial charge in [0.25, 0.3) is 11.8 Å². The Bertz CT molecular complexity index is 1380. The first-order valence-corrected chi connectivity index (χ1v) is 11.2. The summed E-state index contributed by atoms with van der Waals surface area (Å²) < 4.78 is 0. The number of hydrazone groups is 1. The van der Waals surface area contributed by atoms with Crippen molar-refractivity contribution in [1.82, 2.24) is 20.2 Å². The molecule has 2 aromatic heterocycles. The number of fused-ring (bicyclic) bond motifs is 1. The highest BCUT2D eigenvalue weighted by Gasteiger charge is 2.22. The number of hydrogen-bond acceptors (Lipinski definition) is 7. The van der Waals surface area contributed by atoms with Crippen molar-refractivity contribution < 1.29 is 9.59 Å². The second-order valence-electron chi connectivity index (χ2n) is 7.52. The Balaban J connectivity index is 1.24. The third kappa shape index (κ3) is 4.46. The Labute approximate surface area is 193 Å². The van der Waals surface area contributed by atoms with Crippen LogP contribution in [-0.4, -0.2) is 37.7 Å². The van der Waals surface area contributed by atoms with E-state index >= 15 is 0 Å². The zero-order valence-corrected chi connectivity index (χ0v) is 18.5. The van der Waals surface area contributed by atoms with Gasteiger partial charge in [0.2, 0.25) is 0 Å². The lowest BCUT2D eigenvalue weighted by Crippen LogP contribution is -2.19. The first-order valence-electron chi connectivity index (χ1n) is 10.2. The van der Waals surface area contributed by atoms with Crippen LogP contribution in [0.5, 0.6) is 0 Å². The molecular formula is C23H19N7O2S. The number of hydrogen-bond donors (Lipinski definition) is 2. The zero-order chi connectivity index (χ0) is 22.8. The van der Waals surface area contributed by atoms with Gasteiger partial charge in [-0.05, 0) is 48.9 Å². The van der Waals surface area contributed by atoms with E-state index in [1.54, 1.807) is 42.2 Å². The quantitative estimate of drug-likeness (QED) is 0.334. The predicted octanol–water partition coefficient (Wildman–Crippen LogP) is 4.01. The van der Waals surface area contributed by atoms with Crippen LogP contribution in [0.25, 0.3) is 11.0 Å². The molecule has 0 bridgehead atoms. The van der Waals surface area contributed by atoms with Crippen LogP contribution in [-0.2, 0) is 10.5 Å². The van der Waals surface area contributed by atoms with Gasteiger partial charge in [0.1, 0.15) is 11.4 Å². The molecule has 4 aromatic rings. The lowest BCUT2D eigenvalue weighted by atomic mass is 10.1. The molecule has 2 aromatic carbocycles. The minimum absolute atomic E-state index is 0.0742. The van der Waals surface area contributed by atoms with Crippen LogP contribution in [0.1, 0.15) is 29.3 Å². The monoisotopic (exact) mass is 457 g/mol. The van der Waals surface area contributed by atoms with Crippen molar-refractivity contribution in [3.63, 3.8) is 0 Å². The van der Waals surface area contributed by atoms with E-state index in [2.05, 4.69) is 30.6 Å². The molecule has 0 saturated carbocycles. The molecule has 164 valence electrons. The summed E-state index contributed by atoms with van der Waals surface area (Å²) in [5.41, 5.74) is 4.36. The summed E-state index contributed by atoms with van der Waals surface area (Å²) in [5.74, 6) is 0.379. The number of thioether (sulfide) groups is 1. The molecular weight excluding hydrogens is 438 g/mol. The lowest BCUT2D eigenvalue weighted by Gasteiger charge is -2.12. The van der Waals surface area contributed by atoms with Crippen molar-refractivity contribution in [3.8, 4) is 0 Å². The molecule has 3 heterocycles. The van der Waals surface area contributed by atoms with Gasteiger partial charge >= 0.3 is 0 Å². The summed E-state index contributed by atoms with van der Waals surface area (Å²) >= 11 is 1.58. The van der Waals surface area contributed by atoms with Crippen molar-refractivity contribution in [2.24, 2.45) is 5.10 Å². The minimum atomic E-state index is -0.227. The van der Waals surface area contributed by atoms with Gasteiger partial charge in [0, 0.05) is 22.7 Å². The Hall–Kier alpha value is -4.05. The van der Waals surface area contributed by atoms with E-state index in [0.717, 1.165) is 21.7 Å². The fourth-order valence-corrected chi connectivity index (χ4v) is 4.37. The number of nitrogens with one attached hydrogen (secondary N) is 2. The number of benzene rings is 2. The first kappa shape index (κ1) is 20.8. The van der Waals surface area contributed by atoms with Gasteiger partial charge in [0.05, 0.1) is 23.7 Å². The van der Waals surface area contributed by atoms with E-state index in [1.165, 1.54) is 11.3 Å². The summed E-state index contributed by atoms with van der Waals surface area (Å²) in [6.45, 7) is 1.82. The molecule has 0 radical (unpaired) electrons. The molecule has 9 nitrogen and oxygen atoms in total.